The summed E-state index contributed by atoms with van der Waals surface area (Å²) in [6.07, 6.45) is 0.706. The van der Waals surface area contributed by atoms with Gasteiger partial charge in [0, 0.05) is 35.7 Å². The zero-order chi connectivity index (χ0) is 16.7. The van der Waals surface area contributed by atoms with Gasteiger partial charge in [-0.25, -0.2) is 4.98 Å². The van der Waals surface area contributed by atoms with Gasteiger partial charge in [-0.05, 0) is 12.1 Å². The van der Waals surface area contributed by atoms with Crippen molar-refractivity contribution < 1.29 is 9.59 Å². The fraction of sp³-hybridized carbons (Fsp3) is 0.235. The van der Waals surface area contributed by atoms with Gasteiger partial charge in [0.05, 0.1) is 12.2 Å². The Morgan fingerprint density at radius 1 is 1.33 bits per heavy atom. The minimum Gasteiger partial charge on any atom is -0.351 e. The average molecular weight is 340 g/mol. The van der Waals surface area contributed by atoms with Crippen LogP contribution in [-0.4, -0.2) is 33.2 Å². The van der Waals surface area contributed by atoms with Crippen LogP contribution in [-0.2, 0) is 17.8 Å². The third-order valence-electron chi connectivity index (χ3n) is 4.06. The first kappa shape index (κ1) is 14.9. The van der Waals surface area contributed by atoms with E-state index < -0.39 is 0 Å². The first-order valence-electron chi connectivity index (χ1n) is 7.73. The van der Waals surface area contributed by atoms with Crippen LogP contribution in [0, 0.1) is 0 Å². The fourth-order valence-electron chi connectivity index (χ4n) is 2.93. The highest BCUT2D eigenvalue weighted by molar-refractivity contribution is 7.15. The maximum Gasteiger partial charge on any atom is 0.270 e. The van der Waals surface area contributed by atoms with Crippen LogP contribution in [0.1, 0.15) is 28.0 Å². The molecule has 2 N–H and O–H groups in total. The van der Waals surface area contributed by atoms with Gasteiger partial charge in [-0.1, -0.05) is 29.5 Å². The van der Waals surface area contributed by atoms with Crippen LogP contribution < -0.4 is 5.32 Å². The van der Waals surface area contributed by atoms with Crippen molar-refractivity contribution in [2.24, 2.45) is 0 Å². The number of aromatic nitrogens is 2. The monoisotopic (exact) mass is 340 g/mol. The Morgan fingerprint density at radius 3 is 2.96 bits per heavy atom. The lowest BCUT2D eigenvalue weighted by molar-refractivity contribution is -0.114. The van der Waals surface area contributed by atoms with Crippen molar-refractivity contribution in [2.45, 2.75) is 19.9 Å². The van der Waals surface area contributed by atoms with E-state index in [-0.39, 0.29) is 11.8 Å². The molecule has 1 aliphatic heterocycles. The van der Waals surface area contributed by atoms with Gasteiger partial charge < -0.3 is 15.2 Å². The molecule has 0 spiro atoms. The molecule has 2 amide bonds. The number of hydrogen-bond donors (Lipinski definition) is 2. The number of amides is 2. The van der Waals surface area contributed by atoms with E-state index in [1.165, 1.54) is 18.3 Å². The molecule has 24 heavy (non-hydrogen) atoms. The second-order valence-corrected chi connectivity index (χ2v) is 6.90. The smallest absolute Gasteiger partial charge is 0.270 e. The Hall–Kier alpha value is -2.67. The second kappa shape index (κ2) is 5.76. The maximum atomic E-state index is 12.8. The molecule has 0 radical (unpaired) electrons. The summed E-state index contributed by atoms with van der Waals surface area (Å²) in [5.74, 6) is -0.140. The minimum atomic E-state index is -0.132. The largest absolute Gasteiger partial charge is 0.351 e. The molecular formula is C17H16N4O2S. The summed E-state index contributed by atoms with van der Waals surface area (Å²) in [6.45, 7) is 2.62. The maximum absolute atomic E-state index is 12.8. The van der Waals surface area contributed by atoms with Gasteiger partial charge in [0.15, 0.2) is 5.13 Å². The molecule has 0 fully saturated rings. The summed E-state index contributed by atoms with van der Waals surface area (Å²) in [7, 11) is 0. The summed E-state index contributed by atoms with van der Waals surface area (Å²) < 4.78 is 0. The molecule has 122 valence electrons. The first-order chi connectivity index (χ1) is 11.6. The van der Waals surface area contributed by atoms with Crippen molar-refractivity contribution in [1.29, 1.82) is 0 Å². The molecule has 4 rings (SSSR count). The first-order valence-corrected chi connectivity index (χ1v) is 8.55. The van der Waals surface area contributed by atoms with Crippen LogP contribution in [0.4, 0.5) is 5.13 Å². The number of fused-ring (bicyclic) bond motifs is 2. The van der Waals surface area contributed by atoms with Gasteiger partial charge in [-0.15, -0.1) is 0 Å². The average Bonchev–Trinajstić information content (AvgIpc) is 3.15. The zero-order valence-electron chi connectivity index (χ0n) is 13.1. The topological polar surface area (TPSA) is 78.1 Å². The van der Waals surface area contributed by atoms with Crippen LogP contribution >= 0.6 is 11.3 Å². The van der Waals surface area contributed by atoms with Crippen molar-refractivity contribution in [3.05, 3.63) is 46.6 Å². The Morgan fingerprint density at radius 2 is 2.17 bits per heavy atom. The lowest BCUT2D eigenvalue weighted by atomic mass is 10.1. The van der Waals surface area contributed by atoms with E-state index in [2.05, 4.69) is 15.3 Å². The van der Waals surface area contributed by atoms with Crippen LogP contribution in [0.15, 0.2) is 30.3 Å². The molecule has 1 aliphatic rings. The molecular weight excluding hydrogens is 324 g/mol. The predicted octanol–water partition coefficient (Wildman–Crippen LogP) is 2.78. The number of anilines is 1. The van der Waals surface area contributed by atoms with Crippen molar-refractivity contribution in [2.75, 3.05) is 11.9 Å². The number of rotatable bonds is 2. The number of H-pyrrole nitrogens is 1. The number of aromatic amines is 1. The number of thiazole rings is 1. The number of para-hydroxylation sites is 1. The molecule has 7 heteroatoms. The molecule has 0 saturated heterocycles. The van der Waals surface area contributed by atoms with Gasteiger partial charge in [0.25, 0.3) is 5.91 Å². The van der Waals surface area contributed by atoms with Gasteiger partial charge in [-0.3, -0.25) is 9.59 Å². The van der Waals surface area contributed by atoms with Crippen molar-refractivity contribution in [1.82, 2.24) is 14.9 Å². The Kier molecular flexibility index (Phi) is 3.57. The van der Waals surface area contributed by atoms with E-state index >= 15 is 0 Å². The number of benzene rings is 1. The summed E-state index contributed by atoms with van der Waals surface area (Å²) >= 11 is 1.44. The van der Waals surface area contributed by atoms with Gasteiger partial charge >= 0.3 is 0 Å². The summed E-state index contributed by atoms with van der Waals surface area (Å²) in [4.78, 5) is 34.4. The third-order valence-corrected chi connectivity index (χ3v) is 5.06. The van der Waals surface area contributed by atoms with Crippen LogP contribution in [0.3, 0.4) is 0 Å². The standard InChI is InChI=1S/C17H16N4O2S/c1-10(22)18-17-20-13-6-7-21(9-15(13)24-17)16(23)14-8-11-4-2-3-5-12(11)19-14/h2-5,8,19H,6-7,9H2,1H3,(H,18,20,22). The highest BCUT2D eigenvalue weighted by Gasteiger charge is 2.26. The molecule has 0 atom stereocenters. The lowest BCUT2D eigenvalue weighted by Crippen LogP contribution is -2.35. The number of carbonyl (C=O) groups excluding carboxylic acids is 2. The molecule has 0 saturated carbocycles. The summed E-state index contributed by atoms with van der Waals surface area (Å²) in [5, 5.41) is 4.35. The van der Waals surface area contributed by atoms with Crippen molar-refractivity contribution in [3.8, 4) is 0 Å². The fourth-order valence-corrected chi connectivity index (χ4v) is 4.00. The Bertz CT molecular complexity index is 910. The minimum absolute atomic E-state index is 0.00803. The Labute approximate surface area is 142 Å². The molecule has 0 bridgehead atoms. The van der Waals surface area contributed by atoms with Gasteiger partial charge in [-0.2, -0.15) is 0 Å². The Balaban J connectivity index is 1.56. The molecule has 2 aromatic heterocycles. The highest BCUT2D eigenvalue weighted by Crippen LogP contribution is 2.29. The van der Waals surface area contributed by atoms with E-state index in [9.17, 15) is 9.59 Å². The van der Waals surface area contributed by atoms with Gasteiger partial charge in [0.1, 0.15) is 5.69 Å². The quantitative estimate of drug-likeness (QED) is 0.753. The molecule has 1 aromatic carbocycles. The number of nitrogens with one attached hydrogen (secondary N) is 2. The number of nitrogens with zero attached hydrogens (tertiary/aromatic N) is 2. The predicted molar refractivity (Wildman–Crippen MR) is 93.2 cm³/mol. The highest BCUT2D eigenvalue weighted by atomic mass is 32.1. The molecule has 6 nitrogen and oxygen atoms in total. The molecule has 3 heterocycles. The third kappa shape index (κ3) is 2.67. The molecule has 0 unspecified atom stereocenters. The van der Waals surface area contributed by atoms with E-state index in [1.807, 2.05) is 35.2 Å². The van der Waals surface area contributed by atoms with E-state index in [0.29, 0.717) is 30.3 Å². The lowest BCUT2D eigenvalue weighted by Gasteiger charge is -2.25. The summed E-state index contributed by atoms with van der Waals surface area (Å²) in [6, 6.07) is 9.74. The van der Waals surface area contributed by atoms with Crippen LogP contribution in [0.2, 0.25) is 0 Å². The van der Waals surface area contributed by atoms with E-state index in [4.69, 9.17) is 0 Å². The van der Waals surface area contributed by atoms with Crippen LogP contribution in [0.25, 0.3) is 10.9 Å². The molecule has 3 aromatic rings. The van der Waals surface area contributed by atoms with Crippen molar-refractivity contribution >= 4 is 39.2 Å². The van der Waals surface area contributed by atoms with Gasteiger partial charge in [0.2, 0.25) is 5.91 Å². The normalized spacial score (nSPS) is 13.8. The van der Waals surface area contributed by atoms with E-state index in [0.717, 1.165) is 21.5 Å². The number of hydrogen-bond acceptors (Lipinski definition) is 4. The number of carbonyl (C=O) groups is 2. The summed E-state index contributed by atoms with van der Waals surface area (Å²) in [5.41, 5.74) is 2.54. The van der Waals surface area contributed by atoms with Crippen molar-refractivity contribution in [3.63, 3.8) is 0 Å². The molecule has 0 aliphatic carbocycles. The SMILES string of the molecule is CC(=O)Nc1nc2c(s1)CN(C(=O)c1cc3ccccc3[nH]1)CC2. The zero-order valence-corrected chi connectivity index (χ0v) is 13.9. The second-order valence-electron chi connectivity index (χ2n) is 5.82. The van der Waals surface area contributed by atoms with Crippen LogP contribution in [0.5, 0.6) is 0 Å². The van der Waals surface area contributed by atoms with E-state index in [1.54, 1.807) is 0 Å².